The number of nitrogen functional groups attached to an aromatic ring is 1. The molecule has 1 rings (SSSR count). The van der Waals surface area contributed by atoms with Gasteiger partial charge in [-0.15, -0.1) is 0 Å². The van der Waals surface area contributed by atoms with Crippen LogP contribution in [0.4, 0.5) is 11.4 Å². The number of rotatable bonds is 2. The number of benzene rings is 1. The summed E-state index contributed by atoms with van der Waals surface area (Å²) >= 11 is 0. The maximum Gasteiger partial charge on any atom is 0.270 e. The van der Waals surface area contributed by atoms with Gasteiger partial charge in [0.1, 0.15) is 0 Å². The van der Waals surface area contributed by atoms with Crippen LogP contribution in [0.5, 0.6) is 0 Å². The Morgan fingerprint density at radius 1 is 1.38 bits per heavy atom. The van der Waals surface area contributed by atoms with Gasteiger partial charge in [-0.1, -0.05) is 0 Å². The Bertz CT molecular complexity index is 522. The number of nitro groups is 1. The molecule has 0 unspecified atom stereocenters. The van der Waals surface area contributed by atoms with Crippen molar-refractivity contribution in [2.45, 2.75) is 4.90 Å². The molecule has 0 spiro atoms. The van der Waals surface area contributed by atoms with Gasteiger partial charge in [-0.25, -0.2) is 8.42 Å². The summed E-state index contributed by atoms with van der Waals surface area (Å²) in [4.78, 5) is 9.47. The lowest BCUT2D eigenvalue weighted by molar-refractivity contribution is -0.385. The van der Waals surface area contributed by atoms with Crippen LogP contribution in [-0.4, -0.2) is 19.6 Å². The molecule has 0 aliphatic carbocycles. The average Bonchev–Trinajstić information content (AvgIpc) is 2.19. The first-order valence-corrected chi connectivity index (χ1v) is 5.65. The second-order valence-corrected chi connectivity index (χ2v) is 4.74. The van der Waals surface area contributed by atoms with Gasteiger partial charge in [0, 0.05) is 29.2 Å². The molecule has 2 N–H and O–H groups in total. The minimum absolute atomic E-state index is 0.0121. The van der Waals surface area contributed by atoms with Crippen LogP contribution in [0.15, 0.2) is 23.1 Å². The molecule has 9 heteroatoms. The van der Waals surface area contributed by atoms with E-state index in [4.69, 9.17) is 16.5 Å². The van der Waals surface area contributed by atoms with Crippen LogP contribution in [0.1, 0.15) is 0 Å². The summed E-state index contributed by atoms with van der Waals surface area (Å²) in [7, 11) is -3.52. The molecule has 1 aromatic carbocycles. The lowest BCUT2D eigenvalue weighted by atomic mass is 10.3. The van der Waals surface area contributed by atoms with E-state index in [0.717, 1.165) is 18.4 Å². The van der Waals surface area contributed by atoms with Gasteiger partial charge in [0.2, 0.25) is 0 Å². The first-order valence-electron chi connectivity index (χ1n) is 3.76. The second kappa shape index (κ2) is 5.04. The fraction of sp³-hybridized carbons (Fsp3) is 0.143. The molecule has 0 aliphatic heterocycles. The number of nitro benzene ring substituents is 1. The Morgan fingerprint density at radius 3 is 2.25 bits per heavy atom. The Balaban J connectivity index is 0.00000106. The molecule has 0 heterocycles. The number of non-ortho nitro benzene ring substituents is 1. The highest BCUT2D eigenvalue weighted by atomic mass is 32.2. The SMILES string of the molecule is CS(=O)(=O)c1cc([N+](=O)[O-])ccc1N.N#N. The highest BCUT2D eigenvalue weighted by Gasteiger charge is 2.16. The molecule has 0 fully saturated rings. The summed E-state index contributed by atoms with van der Waals surface area (Å²) in [6.45, 7) is 0. The first kappa shape index (κ1) is 13.8. The molecule has 0 bridgehead atoms. The number of anilines is 1. The topological polar surface area (TPSA) is 151 Å². The molecular formula is C7H8N4O4S. The molecule has 1 aromatic rings. The smallest absolute Gasteiger partial charge is 0.270 e. The van der Waals surface area contributed by atoms with Crippen LogP contribution in [0, 0.1) is 20.9 Å². The number of hydrogen-bond acceptors (Lipinski definition) is 7. The van der Waals surface area contributed by atoms with Crippen LogP contribution in [0.3, 0.4) is 0 Å². The number of hydrogen-bond donors (Lipinski definition) is 1. The summed E-state index contributed by atoms with van der Waals surface area (Å²) in [6, 6.07) is 3.31. The van der Waals surface area contributed by atoms with Gasteiger partial charge in [0.05, 0.1) is 15.5 Å². The summed E-state index contributed by atoms with van der Waals surface area (Å²) in [5.41, 5.74) is 5.09. The minimum atomic E-state index is -3.52. The molecule has 0 saturated heterocycles. The molecule has 0 atom stereocenters. The average molecular weight is 244 g/mol. The Kier molecular flexibility index (Phi) is 4.34. The van der Waals surface area contributed by atoms with E-state index in [1.54, 1.807) is 0 Å². The first-order chi connectivity index (χ1) is 7.32. The summed E-state index contributed by atoms with van der Waals surface area (Å²) in [6.07, 6.45) is 0.947. The fourth-order valence-electron chi connectivity index (χ4n) is 0.958. The maximum absolute atomic E-state index is 11.1. The normalized spacial score (nSPS) is 9.94. The van der Waals surface area contributed by atoms with Gasteiger partial charge in [0.25, 0.3) is 5.69 Å². The van der Waals surface area contributed by atoms with E-state index in [9.17, 15) is 18.5 Å². The predicted octanol–water partition coefficient (Wildman–Crippen LogP) is 0.611. The lowest BCUT2D eigenvalue weighted by Gasteiger charge is -2.01. The van der Waals surface area contributed by atoms with E-state index >= 15 is 0 Å². The van der Waals surface area contributed by atoms with Gasteiger partial charge in [-0.05, 0) is 6.07 Å². The van der Waals surface area contributed by atoms with Gasteiger partial charge in [-0.3, -0.25) is 10.1 Å². The van der Waals surface area contributed by atoms with Crippen molar-refractivity contribution in [2.24, 2.45) is 0 Å². The van der Waals surface area contributed by atoms with Crippen LogP contribution in [0.2, 0.25) is 0 Å². The zero-order chi connectivity index (χ0) is 12.9. The minimum Gasteiger partial charge on any atom is -0.398 e. The molecule has 0 saturated carbocycles. The van der Waals surface area contributed by atoms with Crippen LogP contribution < -0.4 is 5.73 Å². The molecular weight excluding hydrogens is 236 g/mol. The van der Waals surface area contributed by atoms with Crippen molar-refractivity contribution in [1.82, 2.24) is 0 Å². The van der Waals surface area contributed by atoms with Crippen molar-refractivity contribution < 1.29 is 13.3 Å². The third-order valence-corrected chi connectivity index (χ3v) is 2.76. The van der Waals surface area contributed by atoms with Crippen LogP contribution in [-0.2, 0) is 9.84 Å². The summed E-state index contributed by atoms with van der Waals surface area (Å²) < 4.78 is 22.3. The van der Waals surface area contributed by atoms with Gasteiger partial charge in [0.15, 0.2) is 9.84 Å². The van der Waals surface area contributed by atoms with E-state index < -0.39 is 14.8 Å². The third kappa shape index (κ3) is 3.18. The van der Waals surface area contributed by atoms with Crippen LogP contribution in [0.25, 0.3) is 0 Å². The van der Waals surface area contributed by atoms with E-state index in [-0.39, 0.29) is 16.3 Å². The molecule has 0 radical (unpaired) electrons. The van der Waals surface area contributed by atoms with E-state index in [1.807, 2.05) is 0 Å². The van der Waals surface area contributed by atoms with Gasteiger partial charge in [-0.2, -0.15) is 0 Å². The molecule has 8 nitrogen and oxygen atoms in total. The summed E-state index contributed by atoms with van der Waals surface area (Å²) in [5.74, 6) is 0. The van der Waals surface area contributed by atoms with Crippen molar-refractivity contribution in [1.29, 1.82) is 10.8 Å². The van der Waals surface area contributed by atoms with Gasteiger partial charge < -0.3 is 5.73 Å². The quantitative estimate of drug-likeness (QED) is 0.346. The summed E-state index contributed by atoms with van der Waals surface area (Å²) in [5, 5.41) is 22.4. The van der Waals surface area contributed by atoms with E-state index in [1.165, 1.54) is 6.07 Å². The number of nitrogens with zero attached hydrogens (tertiary/aromatic N) is 3. The molecule has 0 aromatic heterocycles. The number of nitrogens with two attached hydrogens (primary N) is 1. The van der Waals surface area contributed by atoms with Crippen molar-refractivity contribution in [3.8, 4) is 0 Å². The van der Waals surface area contributed by atoms with Crippen molar-refractivity contribution in [3.05, 3.63) is 28.3 Å². The van der Waals surface area contributed by atoms with Crippen molar-refractivity contribution in [3.63, 3.8) is 0 Å². The molecule has 0 amide bonds. The Hall–Kier alpha value is -2.21. The Labute approximate surface area is 91.2 Å². The zero-order valence-corrected chi connectivity index (χ0v) is 9.01. The molecule has 86 valence electrons. The lowest BCUT2D eigenvalue weighted by Crippen LogP contribution is -2.03. The molecule has 16 heavy (non-hydrogen) atoms. The standard InChI is InChI=1S/C7H8N2O4S.N2/c1-14(12,13)7-4-5(9(10)11)2-3-6(7)8;1-2/h2-4H,8H2,1H3;. The third-order valence-electron chi connectivity index (χ3n) is 1.61. The maximum atomic E-state index is 11.1. The monoisotopic (exact) mass is 244 g/mol. The van der Waals surface area contributed by atoms with Gasteiger partial charge >= 0.3 is 0 Å². The predicted molar refractivity (Wildman–Crippen MR) is 54.1 cm³/mol. The second-order valence-electron chi connectivity index (χ2n) is 2.75. The van der Waals surface area contributed by atoms with Crippen molar-refractivity contribution in [2.75, 3.05) is 12.0 Å². The Morgan fingerprint density at radius 2 is 1.88 bits per heavy atom. The highest BCUT2D eigenvalue weighted by Crippen LogP contribution is 2.23. The fourth-order valence-corrected chi connectivity index (χ4v) is 1.79. The zero-order valence-electron chi connectivity index (χ0n) is 8.19. The highest BCUT2D eigenvalue weighted by molar-refractivity contribution is 7.90. The largest absolute Gasteiger partial charge is 0.398 e. The van der Waals surface area contributed by atoms with Crippen molar-refractivity contribution >= 4 is 21.2 Å². The van der Waals surface area contributed by atoms with E-state index in [2.05, 4.69) is 0 Å². The van der Waals surface area contributed by atoms with E-state index in [0.29, 0.717) is 0 Å². The molecule has 0 aliphatic rings. The number of sulfone groups is 1. The van der Waals surface area contributed by atoms with Crippen LogP contribution >= 0.6 is 0 Å².